The Morgan fingerprint density at radius 1 is 1.28 bits per heavy atom. The standard InChI is InChI=1S/C13H15N3O2/c1-9-8-15(2)13(18)16(9)11-5-3-10(4-6-11)12(17)7-14/h3-6,8H,7,14H2,1-2H3. The summed E-state index contributed by atoms with van der Waals surface area (Å²) in [5, 5.41) is 0. The normalized spacial score (nSPS) is 10.6. The molecule has 0 saturated carbocycles. The largest absolute Gasteiger partial charge is 0.332 e. The smallest absolute Gasteiger partial charge is 0.324 e. The van der Waals surface area contributed by atoms with E-state index in [0.29, 0.717) is 5.56 Å². The molecule has 18 heavy (non-hydrogen) atoms. The van der Waals surface area contributed by atoms with Gasteiger partial charge in [0.2, 0.25) is 0 Å². The molecular formula is C13H15N3O2. The summed E-state index contributed by atoms with van der Waals surface area (Å²) in [6, 6.07) is 6.86. The summed E-state index contributed by atoms with van der Waals surface area (Å²) in [7, 11) is 1.71. The van der Waals surface area contributed by atoms with Gasteiger partial charge in [-0.15, -0.1) is 0 Å². The van der Waals surface area contributed by atoms with Gasteiger partial charge in [-0.05, 0) is 31.2 Å². The van der Waals surface area contributed by atoms with Crippen LogP contribution < -0.4 is 11.4 Å². The summed E-state index contributed by atoms with van der Waals surface area (Å²) in [6.07, 6.45) is 1.77. The maximum absolute atomic E-state index is 11.9. The van der Waals surface area contributed by atoms with Gasteiger partial charge in [0.15, 0.2) is 5.78 Å². The van der Waals surface area contributed by atoms with Gasteiger partial charge in [-0.1, -0.05) is 0 Å². The van der Waals surface area contributed by atoms with Gasteiger partial charge in [0.25, 0.3) is 0 Å². The van der Waals surface area contributed by atoms with Crippen molar-refractivity contribution >= 4 is 5.78 Å². The first-order chi connectivity index (χ1) is 8.54. The van der Waals surface area contributed by atoms with E-state index in [4.69, 9.17) is 5.73 Å². The first kappa shape index (κ1) is 12.3. The number of carbonyl (C=O) groups excluding carboxylic acids is 1. The lowest BCUT2D eigenvalue weighted by atomic mass is 10.1. The number of rotatable bonds is 3. The molecule has 2 aromatic rings. The third kappa shape index (κ3) is 2.00. The minimum Gasteiger partial charge on any atom is -0.324 e. The predicted molar refractivity (Wildman–Crippen MR) is 69.1 cm³/mol. The van der Waals surface area contributed by atoms with Gasteiger partial charge >= 0.3 is 5.69 Å². The summed E-state index contributed by atoms with van der Waals surface area (Å²) in [6.45, 7) is 1.85. The maximum Gasteiger partial charge on any atom is 0.332 e. The number of ketones is 1. The second-order valence-electron chi connectivity index (χ2n) is 4.17. The molecule has 5 heteroatoms. The molecule has 1 heterocycles. The Balaban J connectivity index is 2.47. The minimum atomic E-state index is -0.112. The van der Waals surface area contributed by atoms with Crippen LogP contribution in [0.5, 0.6) is 0 Å². The monoisotopic (exact) mass is 245 g/mol. The van der Waals surface area contributed by atoms with Gasteiger partial charge < -0.3 is 10.3 Å². The molecular weight excluding hydrogens is 230 g/mol. The first-order valence-corrected chi connectivity index (χ1v) is 5.63. The van der Waals surface area contributed by atoms with Gasteiger partial charge in [-0.3, -0.25) is 9.36 Å². The van der Waals surface area contributed by atoms with Crippen LogP contribution in [0.3, 0.4) is 0 Å². The zero-order chi connectivity index (χ0) is 13.3. The van der Waals surface area contributed by atoms with Crippen molar-refractivity contribution in [3.8, 4) is 5.69 Å². The highest BCUT2D eigenvalue weighted by molar-refractivity contribution is 5.97. The second kappa shape index (κ2) is 4.62. The highest BCUT2D eigenvalue weighted by Crippen LogP contribution is 2.10. The van der Waals surface area contributed by atoms with Crippen LogP contribution in [-0.4, -0.2) is 21.5 Å². The Hall–Kier alpha value is -2.14. The van der Waals surface area contributed by atoms with Crippen molar-refractivity contribution in [1.29, 1.82) is 0 Å². The number of nitrogens with zero attached hydrogens (tertiary/aromatic N) is 2. The molecule has 0 unspecified atom stereocenters. The molecule has 0 fully saturated rings. The molecule has 0 atom stereocenters. The van der Waals surface area contributed by atoms with E-state index in [1.165, 1.54) is 4.57 Å². The average Bonchev–Trinajstić information content (AvgIpc) is 2.63. The Labute approximate surface area is 104 Å². The van der Waals surface area contributed by atoms with E-state index in [9.17, 15) is 9.59 Å². The van der Waals surface area contributed by atoms with Gasteiger partial charge in [0.1, 0.15) is 0 Å². The molecule has 0 amide bonds. The molecule has 5 nitrogen and oxygen atoms in total. The van der Waals surface area contributed by atoms with E-state index in [-0.39, 0.29) is 18.0 Å². The van der Waals surface area contributed by atoms with Crippen LogP contribution in [0.2, 0.25) is 0 Å². The second-order valence-corrected chi connectivity index (χ2v) is 4.17. The maximum atomic E-state index is 11.9. The van der Waals surface area contributed by atoms with Crippen molar-refractivity contribution in [2.75, 3.05) is 6.54 Å². The zero-order valence-corrected chi connectivity index (χ0v) is 10.4. The number of carbonyl (C=O) groups is 1. The van der Waals surface area contributed by atoms with Crippen LogP contribution >= 0.6 is 0 Å². The number of hydrogen-bond acceptors (Lipinski definition) is 3. The Morgan fingerprint density at radius 2 is 1.89 bits per heavy atom. The molecule has 1 aromatic carbocycles. The highest BCUT2D eigenvalue weighted by Gasteiger charge is 2.08. The van der Waals surface area contributed by atoms with E-state index in [1.54, 1.807) is 42.1 Å². The SMILES string of the molecule is Cc1cn(C)c(=O)n1-c1ccc(C(=O)CN)cc1. The number of hydrogen-bond donors (Lipinski definition) is 1. The lowest BCUT2D eigenvalue weighted by Crippen LogP contribution is -2.21. The van der Waals surface area contributed by atoms with Crippen LogP contribution in [0.4, 0.5) is 0 Å². The lowest BCUT2D eigenvalue weighted by Gasteiger charge is -2.05. The van der Waals surface area contributed by atoms with Crippen LogP contribution in [0.15, 0.2) is 35.3 Å². The molecule has 0 spiro atoms. The summed E-state index contributed by atoms with van der Waals surface area (Å²) in [5.41, 5.74) is 7.34. The van der Waals surface area contributed by atoms with Crippen molar-refractivity contribution in [1.82, 2.24) is 9.13 Å². The van der Waals surface area contributed by atoms with Crippen molar-refractivity contribution in [3.05, 3.63) is 52.2 Å². The number of aryl methyl sites for hydroxylation is 2. The Bertz CT molecular complexity index is 635. The van der Waals surface area contributed by atoms with Crippen molar-refractivity contribution in [2.24, 2.45) is 12.8 Å². The molecule has 0 aliphatic carbocycles. The van der Waals surface area contributed by atoms with Crippen molar-refractivity contribution < 1.29 is 4.79 Å². The fraction of sp³-hybridized carbons (Fsp3) is 0.231. The fourth-order valence-corrected chi connectivity index (χ4v) is 1.93. The quantitative estimate of drug-likeness (QED) is 0.806. The molecule has 1 aromatic heterocycles. The molecule has 2 N–H and O–H groups in total. The Kier molecular flexibility index (Phi) is 3.16. The van der Waals surface area contributed by atoms with Crippen LogP contribution in [-0.2, 0) is 7.05 Å². The summed E-state index contributed by atoms with van der Waals surface area (Å²) in [5.74, 6) is -0.112. The van der Waals surface area contributed by atoms with E-state index in [2.05, 4.69) is 0 Å². The average molecular weight is 245 g/mol. The van der Waals surface area contributed by atoms with Crippen molar-refractivity contribution in [3.63, 3.8) is 0 Å². The van der Waals surface area contributed by atoms with Crippen LogP contribution in [0, 0.1) is 6.92 Å². The molecule has 0 saturated heterocycles. The van der Waals surface area contributed by atoms with E-state index >= 15 is 0 Å². The molecule has 0 aliphatic rings. The number of nitrogens with two attached hydrogens (primary N) is 1. The number of Topliss-reactive ketones (excluding diaryl/α,β-unsaturated/α-hetero) is 1. The fourth-order valence-electron chi connectivity index (χ4n) is 1.93. The molecule has 0 aliphatic heterocycles. The highest BCUT2D eigenvalue weighted by atomic mass is 16.1. The van der Waals surface area contributed by atoms with Gasteiger partial charge in [-0.2, -0.15) is 0 Å². The van der Waals surface area contributed by atoms with E-state index in [0.717, 1.165) is 11.4 Å². The Morgan fingerprint density at radius 3 is 2.33 bits per heavy atom. The number of benzene rings is 1. The minimum absolute atomic E-state index is 0.0103. The molecule has 0 bridgehead atoms. The van der Waals surface area contributed by atoms with Gasteiger partial charge in [0.05, 0.1) is 12.2 Å². The van der Waals surface area contributed by atoms with Gasteiger partial charge in [-0.25, -0.2) is 4.79 Å². The lowest BCUT2D eigenvalue weighted by molar-refractivity contribution is 0.100. The summed E-state index contributed by atoms with van der Waals surface area (Å²) >= 11 is 0. The number of imidazole rings is 1. The third-order valence-corrected chi connectivity index (χ3v) is 2.86. The van der Waals surface area contributed by atoms with Crippen LogP contribution in [0.1, 0.15) is 16.1 Å². The third-order valence-electron chi connectivity index (χ3n) is 2.86. The molecule has 94 valence electrons. The van der Waals surface area contributed by atoms with Crippen LogP contribution in [0.25, 0.3) is 5.69 Å². The predicted octanol–water partition coefficient (Wildman–Crippen LogP) is 0.626. The van der Waals surface area contributed by atoms with E-state index < -0.39 is 0 Å². The topological polar surface area (TPSA) is 70.0 Å². The first-order valence-electron chi connectivity index (χ1n) is 5.63. The van der Waals surface area contributed by atoms with E-state index in [1.807, 2.05) is 6.92 Å². The van der Waals surface area contributed by atoms with Gasteiger partial charge in [0, 0.05) is 24.5 Å². The number of aromatic nitrogens is 2. The molecule has 2 rings (SSSR count). The summed E-state index contributed by atoms with van der Waals surface area (Å²) in [4.78, 5) is 23.3. The van der Waals surface area contributed by atoms with Crippen molar-refractivity contribution in [2.45, 2.75) is 6.92 Å². The zero-order valence-electron chi connectivity index (χ0n) is 10.4. The molecule has 0 radical (unpaired) electrons. The summed E-state index contributed by atoms with van der Waals surface area (Å²) < 4.78 is 3.12.